The molecule has 2 aromatic carbocycles. The van der Waals surface area contributed by atoms with E-state index in [2.05, 4.69) is 16.0 Å². The highest BCUT2D eigenvalue weighted by Crippen LogP contribution is 2.30. The number of imidazole rings is 1. The Labute approximate surface area is 184 Å². The van der Waals surface area contributed by atoms with Gasteiger partial charge in [0.2, 0.25) is 5.56 Å². The Bertz CT molecular complexity index is 1320. The maximum absolute atomic E-state index is 12.0. The molecule has 0 fully saturated rings. The predicted octanol–water partition coefficient (Wildman–Crippen LogP) is 4.33. The van der Waals surface area contributed by atoms with Crippen molar-refractivity contribution in [2.75, 3.05) is 7.11 Å². The van der Waals surface area contributed by atoms with Crippen LogP contribution in [-0.4, -0.2) is 21.6 Å². The Morgan fingerprint density at radius 2 is 2.03 bits per heavy atom. The van der Waals surface area contributed by atoms with Crippen molar-refractivity contribution in [1.82, 2.24) is 14.5 Å². The average Bonchev–Trinajstić information content (AvgIpc) is 3.21. The second kappa shape index (κ2) is 8.90. The van der Waals surface area contributed by atoms with Crippen LogP contribution < -0.4 is 10.3 Å². The Morgan fingerprint density at radius 3 is 2.77 bits per heavy atom. The van der Waals surface area contributed by atoms with E-state index in [1.807, 2.05) is 47.0 Å². The fraction of sp³-hybridized carbons (Fsp3) is 0.125. The minimum Gasteiger partial charge on any atom is -0.495 e. The third-order valence-electron chi connectivity index (χ3n) is 5.08. The summed E-state index contributed by atoms with van der Waals surface area (Å²) in [5.41, 5.74) is 3.99. The number of benzene rings is 2. The predicted molar refractivity (Wildman–Crippen MR) is 118 cm³/mol. The van der Waals surface area contributed by atoms with Crippen LogP contribution in [0.5, 0.6) is 5.75 Å². The fourth-order valence-corrected chi connectivity index (χ4v) is 3.87. The van der Waals surface area contributed by atoms with Crippen molar-refractivity contribution in [3.8, 4) is 11.8 Å². The number of ether oxygens (including phenoxy) is 1. The van der Waals surface area contributed by atoms with E-state index in [-0.39, 0.29) is 11.6 Å². The van der Waals surface area contributed by atoms with Crippen molar-refractivity contribution in [3.05, 3.63) is 117 Å². The topological polar surface area (TPSA) is 83.7 Å². The normalized spacial score (nSPS) is 11.6. The van der Waals surface area contributed by atoms with Crippen LogP contribution in [-0.2, 0) is 6.42 Å². The number of nitriles is 1. The molecule has 7 heteroatoms. The lowest BCUT2D eigenvalue weighted by molar-refractivity contribution is 0.413. The Hall–Kier alpha value is -3.82. The Morgan fingerprint density at radius 1 is 1.19 bits per heavy atom. The highest BCUT2D eigenvalue weighted by atomic mass is 35.5. The molecule has 2 aromatic heterocycles. The van der Waals surface area contributed by atoms with Crippen LogP contribution >= 0.6 is 11.6 Å². The van der Waals surface area contributed by atoms with Gasteiger partial charge < -0.3 is 14.3 Å². The first kappa shape index (κ1) is 20.5. The summed E-state index contributed by atoms with van der Waals surface area (Å²) in [6.45, 7) is 0. The van der Waals surface area contributed by atoms with E-state index >= 15 is 0 Å². The molecule has 4 aromatic rings. The molecule has 6 nitrogen and oxygen atoms in total. The lowest BCUT2D eigenvalue weighted by Gasteiger charge is -2.22. The number of pyridine rings is 1. The third-order valence-corrected chi connectivity index (χ3v) is 5.31. The fourth-order valence-electron chi connectivity index (χ4n) is 3.67. The van der Waals surface area contributed by atoms with Crippen molar-refractivity contribution >= 4 is 11.6 Å². The molecule has 4 rings (SSSR count). The molecule has 0 saturated heterocycles. The zero-order chi connectivity index (χ0) is 21.8. The molecule has 0 radical (unpaired) electrons. The Kier molecular flexibility index (Phi) is 5.87. The van der Waals surface area contributed by atoms with Gasteiger partial charge in [-0.15, -0.1) is 0 Å². The van der Waals surface area contributed by atoms with Crippen molar-refractivity contribution in [2.45, 2.75) is 12.5 Å². The van der Waals surface area contributed by atoms with Crippen LogP contribution in [0.4, 0.5) is 0 Å². The minimum absolute atomic E-state index is 0.178. The van der Waals surface area contributed by atoms with Gasteiger partial charge in [0.1, 0.15) is 11.8 Å². The van der Waals surface area contributed by atoms with Gasteiger partial charge in [-0.2, -0.15) is 5.26 Å². The summed E-state index contributed by atoms with van der Waals surface area (Å²) in [6, 6.07) is 18.4. The van der Waals surface area contributed by atoms with E-state index < -0.39 is 0 Å². The molecule has 1 unspecified atom stereocenters. The number of aromatic nitrogens is 3. The van der Waals surface area contributed by atoms with Gasteiger partial charge >= 0.3 is 0 Å². The molecule has 1 atom stereocenters. The van der Waals surface area contributed by atoms with Gasteiger partial charge in [-0.25, -0.2) is 4.98 Å². The van der Waals surface area contributed by atoms with Crippen LogP contribution in [0.3, 0.4) is 0 Å². The van der Waals surface area contributed by atoms with Crippen LogP contribution in [0.2, 0.25) is 5.02 Å². The molecule has 0 spiro atoms. The molecule has 31 heavy (non-hydrogen) atoms. The summed E-state index contributed by atoms with van der Waals surface area (Å²) >= 11 is 6.27. The second-order valence-corrected chi connectivity index (χ2v) is 7.50. The van der Waals surface area contributed by atoms with Gasteiger partial charge in [0.05, 0.1) is 25.0 Å². The molecule has 154 valence electrons. The number of rotatable bonds is 6. The number of methoxy groups -OCH3 is 1. The minimum atomic E-state index is -0.279. The van der Waals surface area contributed by atoms with Gasteiger partial charge in [0.15, 0.2) is 0 Å². The van der Waals surface area contributed by atoms with E-state index in [9.17, 15) is 10.1 Å². The smallest absolute Gasteiger partial charge is 0.248 e. The lowest BCUT2D eigenvalue weighted by Crippen LogP contribution is -2.17. The molecule has 1 N–H and O–H groups in total. The maximum atomic E-state index is 12.0. The van der Waals surface area contributed by atoms with Crippen molar-refractivity contribution < 1.29 is 4.74 Å². The van der Waals surface area contributed by atoms with Crippen LogP contribution in [0.15, 0.2) is 78.1 Å². The van der Waals surface area contributed by atoms with Crippen molar-refractivity contribution in [1.29, 1.82) is 5.26 Å². The zero-order valence-corrected chi connectivity index (χ0v) is 17.5. The number of aromatic amines is 1. The zero-order valence-electron chi connectivity index (χ0n) is 16.7. The van der Waals surface area contributed by atoms with E-state index in [4.69, 9.17) is 16.3 Å². The molecule has 2 heterocycles. The molecule has 0 aliphatic heterocycles. The lowest BCUT2D eigenvalue weighted by atomic mass is 9.98. The molecule has 0 bridgehead atoms. The van der Waals surface area contributed by atoms with E-state index in [0.29, 0.717) is 22.8 Å². The van der Waals surface area contributed by atoms with Gasteiger partial charge in [-0.05, 0) is 47.0 Å². The highest BCUT2D eigenvalue weighted by Gasteiger charge is 2.20. The van der Waals surface area contributed by atoms with Gasteiger partial charge in [-0.3, -0.25) is 4.79 Å². The first-order chi connectivity index (χ1) is 15.1. The standard InChI is InChI=1S/C24H19ClN4O2/c1-31-22-10-16(5-6-19(22)13-26)9-21-14-27-15-29(21)24(17-3-2-4-20(25)11-17)18-7-8-28-23(30)12-18/h2-8,10-12,14-15,24H,9H2,1H3,(H,28,30). The number of H-pyrrole nitrogens is 1. The largest absolute Gasteiger partial charge is 0.495 e. The van der Waals surface area contributed by atoms with Gasteiger partial charge in [0, 0.05) is 35.6 Å². The maximum Gasteiger partial charge on any atom is 0.248 e. The van der Waals surface area contributed by atoms with Crippen molar-refractivity contribution in [2.24, 2.45) is 0 Å². The second-order valence-electron chi connectivity index (χ2n) is 7.06. The van der Waals surface area contributed by atoms with Gasteiger partial charge in [-0.1, -0.05) is 29.8 Å². The number of hydrogen-bond acceptors (Lipinski definition) is 4. The monoisotopic (exact) mass is 430 g/mol. The number of nitrogens with zero attached hydrogens (tertiary/aromatic N) is 3. The SMILES string of the molecule is COc1cc(Cc2cncn2C(c2cccc(Cl)c2)c2cc[nH]c(=O)c2)ccc1C#N. The molecular formula is C24H19ClN4O2. The summed E-state index contributed by atoms with van der Waals surface area (Å²) in [7, 11) is 1.55. The molecule has 0 aliphatic rings. The van der Waals surface area contributed by atoms with E-state index in [1.165, 1.54) is 0 Å². The summed E-state index contributed by atoms with van der Waals surface area (Å²) in [4.78, 5) is 19.1. The summed E-state index contributed by atoms with van der Waals surface area (Å²) < 4.78 is 7.37. The first-order valence-corrected chi connectivity index (χ1v) is 9.98. The number of halogens is 1. The van der Waals surface area contributed by atoms with E-state index in [0.717, 1.165) is 22.4 Å². The quantitative estimate of drug-likeness (QED) is 0.493. The highest BCUT2D eigenvalue weighted by molar-refractivity contribution is 6.30. The van der Waals surface area contributed by atoms with Crippen LogP contribution in [0, 0.1) is 11.3 Å². The number of nitrogens with one attached hydrogen (secondary N) is 1. The summed E-state index contributed by atoms with van der Waals surface area (Å²) in [5.74, 6) is 0.534. The van der Waals surface area contributed by atoms with Gasteiger partial charge in [0.25, 0.3) is 0 Å². The van der Waals surface area contributed by atoms with Crippen molar-refractivity contribution in [3.63, 3.8) is 0 Å². The summed E-state index contributed by atoms with van der Waals surface area (Å²) in [5, 5.41) is 9.84. The van der Waals surface area contributed by atoms with Crippen LogP contribution in [0.1, 0.15) is 34.0 Å². The first-order valence-electron chi connectivity index (χ1n) is 9.61. The third kappa shape index (κ3) is 4.37. The molecule has 0 saturated carbocycles. The number of hydrogen-bond donors (Lipinski definition) is 1. The summed E-state index contributed by atoms with van der Waals surface area (Å²) in [6.07, 6.45) is 5.76. The van der Waals surface area contributed by atoms with Crippen LogP contribution in [0.25, 0.3) is 0 Å². The Balaban J connectivity index is 1.79. The molecular weight excluding hydrogens is 412 g/mol. The molecule has 0 amide bonds. The average molecular weight is 431 g/mol. The molecule has 0 aliphatic carbocycles. The van der Waals surface area contributed by atoms with E-state index in [1.54, 1.807) is 38.0 Å².